The summed E-state index contributed by atoms with van der Waals surface area (Å²) >= 11 is 0. The van der Waals surface area contributed by atoms with Crippen LogP contribution in [0.1, 0.15) is 26.7 Å². The van der Waals surface area contributed by atoms with Crippen LogP contribution in [-0.2, 0) is 14.4 Å². The number of aliphatic hydroxyl groups is 2. The predicted octanol–water partition coefficient (Wildman–Crippen LogP) is 1.50. The van der Waals surface area contributed by atoms with E-state index in [2.05, 4.69) is 0 Å². The molecule has 2 rings (SSSR count). The highest BCUT2D eigenvalue weighted by Crippen LogP contribution is 2.23. The fourth-order valence-electron chi connectivity index (χ4n) is 3.24. The lowest BCUT2D eigenvalue weighted by molar-refractivity contribution is -0.167. The molecule has 31 heavy (non-hydrogen) atoms. The largest absolute Gasteiger partial charge is 0.491 e. The van der Waals surface area contributed by atoms with E-state index in [9.17, 15) is 24.6 Å². The van der Waals surface area contributed by atoms with Gasteiger partial charge in [0, 0.05) is 6.04 Å². The summed E-state index contributed by atoms with van der Waals surface area (Å²) in [6.07, 6.45) is -3.28. The number of rotatable bonds is 11. The molecule has 0 aliphatic rings. The van der Waals surface area contributed by atoms with Crippen molar-refractivity contribution in [1.29, 1.82) is 0 Å². The Balaban J connectivity index is 2.08. The summed E-state index contributed by atoms with van der Waals surface area (Å²) in [5, 5.41) is 40.9. The topological polar surface area (TPSA) is 145 Å². The van der Waals surface area contributed by atoms with Crippen LogP contribution in [0.4, 0.5) is 0 Å². The second kappa shape index (κ2) is 10.2. The van der Waals surface area contributed by atoms with Gasteiger partial charge in [-0.25, -0.2) is 0 Å². The lowest BCUT2D eigenvalue weighted by atomic mass is 9.93. The second-order valence-electron chi connectivity index (χ2n) is 7.70. The molecule has 0 aliphatic heterocycles. The van der Waals surface area contributed by atoms with Gasteiger partial charge in [-0.3, -0.25) is 14.4 Å². The molecule has 1 amide bonds. The molecule has 0 heterocycles. The Morgan fingerprint density at radius 1 is 1.00 bits per heavy atom. The fourth-order valence-corrected chi connectivity index (χ4v) is 3.24. The smallest absolute Gasteiger partial charge is 0.306 e. The Hall–Kier alpha value is -3.17. The van der Waals surface area contributed by atoms with Gasteiger partial charge in [-0.05, 0) is 36.8 Å². The maximum atomic E-state index is 12.8. The lowest BCUT2D eigenvalue weighted by Gasteiger charge is -2.35. The first-order chi connectivity index (χ1) is 14.5. The van der Waals surface area contributed by atoms with Crippen LogP contribution in [0.5, 0.6) is 5.75 Å². The number of fused-ring (bicyclic) bond motifs is 1. The Bertz CT molecular complexity index is 926. The number of benzene rings is 2. The predicted molar refractivity (Wildman–Crippen MR) is 112 cm³/mol. The van der Waals surface area contributed by atoms with Crippen LogP contribution in [0, 0.1) is 0 Å². The van der Waals surface area contributed by atoms with E-state index in [0.29, 0.717) is 5.75 Å². The molecule has 1 atom stereocenters. The molecule has 9 nitrogen and oxygen atoms in total. The maximum Gasteiger partial charge on any atom is 0.306 e. The number of nitrogens with zero attached hydrogens (tertiary/aromatic N) is 1. The van der Waals surface area contributed by atoms with Gasteiger partial charge >= 0.3 is 11.9 Å². The van der Waals surface area contributed by atoms with E-state index in [-0.39, 0.29) is 13.2 Å². The Labute approximate surface area is 179 Å². The van der Waals surface area contributed by atoms with Crippen LogP contribution in [0.25, 0.3) is 10.8 Å². The average molecular weight is 433 g/mol. The quantitative estimate of drug-likeness (QED) is 0.417. The van der Waals surface area contributed by atoms with Gasteiger partial charge in [0.1, 0.15) is 18.5 Å². The molecule has 0 saturated heterocycles. The van der Waals surface area contributed by atoms with E-state index in [1.165, 1.54) is 0 Å². The first kappa shape index (κ1) is 24.1. The van der Waals surface area contributed by atoms with Crippen molar-refractivity contribution in [2.75, 3.05) is 13.2 Å². The number of ether oxygens (including phenoxy) is 1. The number of aliphatic hydroxyl groups excluding tert-OH is 1. The van der Waals surface area contributed by atoms with Crippen LogP contribution in [-0.4, -0.2) is 74.1 Å². The van der Waals surface area contributed by atoms with E-state index in [4.69, 9.17) is 14.9 Å². The number of carbonyl (C=O) groups excluding carboxylic acids is 1. The van der Waals surface area contributed by atoms with Gasteiger partial charge in [0.05, 0.1) is 19.4 Å². The maximum absolute atomic E-state index is 12.8. The van der Waals surface area contributed by atoms with Crippen molar-refractivity contribution in [3.8, 4) is 5.75 Å². The molecule has 2 aromatic rings. The minimum absolute atomic E-state index is 0.162. The van der Waals surface area contributed by atoms with Gasteiger partial charge < -0.3 is 30.1 Å². The van der Waals surface area contributed by atoms with E-state index in [0.717, 1.165) is 15.7 Å². The van der Waals surface area contributed by atoms with Crippen molar-refractivity contribution >= 4 is 28.6 Å². The molecule has 0 aliphatic carbocycles. The van der Waals surface area contributed by atoms with Crippen LogP contribution in [0.2, 0.25) is 0 Å². The third kappa shape index (κ3) is 6.66. The minimum Gasteiger partial charge on any atom is -0.491 e. The third-order valence-corrected chi connectivity index (χ3v) is 4.74. The van der Waals surface area contributed by atoms with Crippen LogP contribution in [0.3, 0.4) is 0 Å². The zero-order chi connectivity index (χ0) is 23.2. The standard InChI is InChI=1S/C22H27NO8/c1-14(2)23(21(29)22(30,10-19(25)26)11-20(27)28)12-17(24)13-31-18-8-7-15-5-3-4-6-16(15)9-18/h3-9,14,17,24,30H,10-13H2,1-2H3,(H,25,26)(H,27,28). The minimum atomic E-state index is -2.62. The van der Waals surface area contributed by atoms with Crippen LogP contribution < -0.4 is 4.74 Å². The lowest BCUT2D eigenvalue weighted by Crippen LogP contribution is -2.55. The van der Waals surface area contributed by atoms with Gasteiger partial charge in [-0.1, -0.05) is 30.3 Å². The summed E-state index contributed by atoms with van der Waals surface area (Å²) in [6.45, 7) is 2.78. The van der Waals surface area contributed by atoms with Crippen molar-refractivity contribution < 1.29 is 39.5 Å². The Kier molecular flexibility index (Phi) is 7.95. The van der Waals surface area contributed by atoms with Gasteiger partial charge in [-0.15, -0.1) is 0 Å². The SMILES string of the molecule is CC(C)N(CC(O)COc1ccc2ccccc2c1)C(=O)C(O)(CC(=O)O)CC(=O)O. The molecule has 9 heteroatoms. The van der Waals surface area contributed by atoms with E-state index >= 15 is 0 Å². The molecule has 0 spiro atoms. The number of hydrogen-bond acceptors (Lipinski definition) is 6. The van der Waals surface area contributed by atoms with Crippen molar-refractivity contribution in [3.63, 3.8) is 0 Å². The molecule has 168 valence electrons. The average Bonchev–Trinajstić information content (AvgIpc) is 2.68. The first-order valence-corrected chi connectivity index (χ1v) is 9.78. The highest BCUT2D eigenvalue weighted by molar-refractivity contribution is 5.92. The number of carbonyl (C=O) groups is 3. The number of carboxylic acid groups (broad SMARTS) is 2. The van der Waals surface area contributed by atoms with Crippen molar-refractivity contribution in [3.05, 3.63) is 42.5 Å². The zero-order valence-corrected chi connectivity index (χ0v) is 17.4. The third-order valence-electron chi connectivity index (χ3n) is 4.74. The van der Waals surface area contributed by atoms with Gasteiger partial charge in [-0.2, -0.15) is 0 Å². The molecule has 0 aromatic heterocycles. The molecule has 4 N–H and O–H groups in total. The molecular formula is C22H27NO8. The zero-order valence-electron chi connectivity index (χ0n) is 17.4. The summed E-state index contributed by atoms with van der Waals surface area (Å²) < 4.78 is 5.61. The summed E-state index contributed by atoms with van der Waals surface area (Å²) in [4.78, 5) is 36.0. The summed E-state index contributed by atoms with van der Waals surface area (Å²) in [5.74, 6) is -3.58. The number of hydrogen-bond donors (Lipinski definition) is 4. The van der Waals surface area contributed by atoms with E-state index < -0.39 is 48.4 Å². The monoisotopic (exact) mass is 433 g/mol. The molecule has 2 aromatic carbocycles. The summed E-state index contributed by atoms with van der Waals surface area (Å²) in [6, 6.07) is 12.6. The molecule has 0 radical (unpaired) electrons. The highest BCUT2D eigenvalue weighted by atomic mass is 16.5. The highest BCUT2D eigenvalue weighted by Gasteiger charge is 2.44. The first-order valence-electron chi connectivity index (χ1n) is 9.78. The molecule has 0 bridgehead atoms. The molecule has 0 saturated carbocycles. The van der Waals surface area contributed by atoms with E-state index in [1.54, 1.807) is 19.9 Å². The van der Waals surface area contributed by atoms with Crippen molar-refractivity contribution in [2.24, 2.45) is 0 Å². The molecule has 1 unspecified atom stereocenters. The Morgan fingerprint density at radius 3 is 2.13 bits per heavy atom. The number of amides is 1. The summed E-state index contributed by atoms with van der Waals surface area (Å²) in [7, 11) is 0. The molecule has 0 fully saturated rings. The van der Waals surface area contributed by atoms with Gasteiger partial charge in [0.15, 0.2) is 5.60 Å². The van der Waals surface area contributed by atoms with Crippen molar-refractivity contribution in [2.45, 2.75) is 44.4 Å². The van der Waals surface area contributed by atoms with E-state index in [1.807, 2.05) is 36.4 Å². The normalized spacial score (nSPS) is 12.5. The van der Waals surface area contributed by atoms with Gasteiger partial charge in [0.2, 0.25) is 0 Å². The summed E-state index contributed by atoms with van der Waals surface area (Å²) in [5.41, 5.74) is -2.62. The van der Waals surface area contributed by atoms with Crippen LogP contribution >= 0.6 is 0 Å². The van der Waals surface area contributed by atoms with Crippen molar-refractivity contribution in [1.82, 2.24) is 4.90 Å². The van der Waals surface area contributed by atoms with Gasteiger partial charge in [0.25, 0.3) is 5.91 Å². The molecular weight excluding hydrogens is 406 g/mol. The van der Waals surface area contributed by atoms with Crippen LogP contribution in [0.15, 0.2) is 42.5 Å². The number of aliphatic carboxylic acids is 2. The fraction of sp³-hybridized carbons (Fsp3) is 0.409. The second-order valence-corrected chi connectivity index (χ2v) is 7.70. The number of carboxylic acids is 2. The Morgan fingerprint density at radius 2 is 1.58 bits per heavy atom.